The number of phosphoric ester groups is 1. The second kappa shape index (κ2) is 6.25. The summed E-state index contributed by atoms with van der Waals surface area (Å²) in [7, 11) is -5.00. The van der Waals surface area contributed by atoms with E-state index in [2.05, 4.69) is 37.4 Å². The lowest BCUT2D eigenvalue weighted by Gasteiger charge is -2.29. The van der Waals surface area contributed by atoms with Gasteiger partial charge < -0.3 is 18.9 Å². The second-order valence-electron chi connectivity index (χ2n) is 6.50. The summed E-state index contributed by atoms with van der Waals surface area (Å²) in [5, 5.41) is 0. The maximum absolute atomic E-state index is 10.6. The molecular weight excluding hydrogens is 299 g/mol. The molecule has 0 spiro atoms. The van der Waals surface area contributed by atoms with Gasteiger partial charge in [0.15, 0.2) is 0 Å². The first kappa shape index (κ1) is 16.8. The van der Waals surface area contributed by atoms with Crippen LogP contribution in [-0.4, -0.2) is 0 Å². The normalized spacial score (nSPS) is 12.2. The Labute approximate surface area is 131 Å². The molecule has 0 N–H and O–H groups in total. The highest BCUT2D eigenvalue weighted by Crippen LogP contribution is 2.31. The molecule has 2 rings (SSSR count). The van der Waals surface area contributed by atoms with Gasteiger partial charge in [0, 0.05) is 0 Å². The van der Waals surface area contributed by atoms with Crippen LogP contribution in [0.2, 0.25) is 0 Å². The molecule has 0 heterocycles. The van der Waals surface area contributed by atoms with Crippen molar-refractivity contribution in [1.82, 2.24) is 0 Å². The van der Waals surface area contributed by atoms with Crippen LogP contribution in [-0.2, 0) is 11.0 Å². The molecule has 5 heteroatoms. The van der Waals surface area contributed by atoms with Crippen LogP contribution in [0.4, 0.5) is 0 Å². The maximum Gasteiger partial charge on any atom is 0.124 e. The van der Waals surface area contributed by atoms with Gasteiger partial charge in [-0.1, -0.05) is 57.2 Å². The number of phosphoric acid groups is 1. The van der Waals surface area contributed by atoms with E-state index in [1.807, 2.05) is 12.1 Å². The van der Waals surface area contributed by atoms with Crippen molar-refractivity contribution in [2.24, 2.45) is 5.41 Å². The van der Waals surface area contributed by atoms with Crippen LogP contribution in [0.1, 0.15) is 26.3 Å². The van der Waals surface area contributed by atoms with Crippen LogP contribution in [0.25, 0.3) is 11.1 Å². The number of rotatable bonds is 4. The van der Waals surface area contributed by atoms with Gasteiger partial charge in [0.1, 0.15) is 13.6 Å². The summed E-state index contributed by atoms with van der Waals surface area (Å²) in [6.45, 7) is 6.60. The average molecular weight is 318 g/mol. The van der Waals surface area contributed by atoms with Crippen molar-refractivity contribution in [3.05, 3.63) is 54.1 Å². The van der Waals surface area contributed by atoms with E-state index in [0.29, 0.717) is 0 Å². The van der Waals surface area contributed by atoms with Crippen molar-refractivity contribution < 1.29 is 18.9 Å². The van der Waals surface area contributed by atoms with Crippen molar-refractivity contribution in [1.29, 1.82) is 0 Å². The number of benzene rings is 2. The van der Waals surface area contributed by atoms with Crippen molar-refractivity contribution in [3.8, 4) is 16.9 Å². The summed E-state index contributed by atoms with van der Waals surface area (Å²) in [5.41, 5.74) is 3.47. The third-order valence-corrected chi connectivity index (χ3v) is 3.53. The fraction of sp³-hybridized carbons (Fsp3) is 0.294. The quantitative estimate of drug-likeness (QED) is 0.812. The first-order valence-electron chi connectivity index (χ1n) is 7.03. The molecule has 4 nitrogen and oxygen atoms in total. The molecule has 0 unspecified atom stereocenters. The van der Waals surface area contributed by atoms with E-state index >= 15 is 0 Å². The van der Waals surface area contributed by atoms with Crippen molar-refractivity contribution >= 4 is 7.82 Å². The average Bonchev–Trinajstić information content (AvgIpc) is 2.37. The van der Waals surface area contributed by atoms with E-state index in [4.69, 9.17) is 0 Å². The number of hydrogen-bond acceptors (Lipinski definition) is 4. The maximum atomic E-state index is 10.6. The Kier molecular flexibility index (Phi) is 4.76. The van der Waals surface area contributed by atoms with Crippen LogP contribution in [0.15, 0.2) is 48.5 Å². The molecule has 2 aromatic carbocycles. The lowest BCUT2D eigenvalue weighted by Crippen LogP contribution is -2.18. The highest BCUT2D eigenvalue weighted by molar-refractivity contribution is 7.43. The summed E-state index contributed by atoms with van der Waals surface area (Å²) in [6, 6.07) is 14.6. The molecule has 0 bridgehead atoms. The van der Waals surface area contributed by atoms with Crippen LogP contribution < -0.4 is 14.3 Å². The van der Waals surface area contributed by atoms with Crippen LogP contribution in [0.5, 0.6) is 5.75 Å². The van der Waals surface area contributed by atoms with Crippen LogP contribution in [0.3, 0.4) is 0 Å². The molecule has 22 heavy (non-hydrogen) atoms. The summed E-state index contributed by atoms with van der Waals surface area (Å²) >= 11 is 0. The molecule has 0 aliphatic heterocycles. The largest absolute Gasteiger partial charge is 0.780 e. The van der Waals surface area contributed by atoms with E-state index < -0.39 is 7.82 Å². The van der Waals surface area contributed by atoms with Crippen molar-refractivity contribution in [3.63, 3.8) is 0 Å². The molecule has 118 valence electrons. The fourth-order valence-electron chi connectivity index (χ4n) is 2.26. The fourth-order valence-corrected chi connectivity index (χ4v) is 2.64. The van der Waals surface area contributed by atoms with Gasteiger partial charge in [-0.25, -0.2) is 0 Å². The minimum atomic E-state index is -5.00. The van der Waals surface area contributed by atoms with E-state index in [0.717, 1.165) is 17.5 Å². The molecular formula is C17H19O4P-2. The van der Waals surface area contributed by atoms with Gasteiger partial charge >= 0.3 is 0 Å². The van der Waals surface area contributed by atoms with Gasteiger partial charge in [-0.2, -0.15) is 0 Å². The minimum absolute atomic E-state index is 0.0291. The van der Waals surface area contributed by atoms with Gasteiger partial charge in [-0.15, -0.1) is 0 Å². The van der Waals surface area contributed by atoms with E-state index in [-0.39, 0.29) is 11.2 Å². The monoisotopic (exact) mass is 318 g/mol. The summed E-state index contributed by atoms with van der Waals surface area (Å²) in [5.74, 6) is 0.0291. The lowest BCUT2D eigenvalue weighted by molar-refractivity contribution is -0.333. The van der Waals surface area contributed by atoms with Gasteiger partial charge in [0.2, 0.25) is 0 Å². The van der Waals surface area contributed by atoms with Gasteiger partial charge in [-0.3, -0.25) is 0 Å². The van der Waals surface area contributed by atoms with Gasteiger partial charge in [0.05, 0.1) is 0 Å². The first-order chi connectivity index (χ1) is 10.1. The predicted molar refractivity (Wildman–Crippen MR) is 83.3 cm³/mol. The van der Waals surface area contributed by atoms with E-state index in [9.17, 15) is 14.4 Å². The van der Waals surface area contributed by atoms with Gasteiger partial charge in [0.25, 0.3) is 0 Å². The SMILES string of the molecule is CC(C)(C)Cc1ccc(-c2ccc(OP(=O)([O-])[O-])cc2)cc1. The Morgan fingerprint density at radius 2 is 1.36 bits per heavy atom. The van der Waals surface area contributed by atoms with E-state index in [1.54, 1.807) is 12.1 Å². The predicted octanol–water partition coefficient (Wildman–Crippen LogP) is 3.15. The molecule has 0 fully saturated rings. The molecule has 0 amide bonds. The van der Waals surface area contributed by atoms with Crippen molar-refractivity contribution in [2.75, 3.05) is 0 Å². The standard InChI is InChI=1S/C17H21O4P/c1-17(2,3)12-13-4-6-14(7-5-13)15-8-10-16(11-9-15)21-22(18,19)20/h4-11H,12H2,1-3H3,(H2,18,19,20)/p-2. The molecule has 0 atom stereocenters. The van der Waals surface area contributed by atoms with E-state index in [1.165, 1.54) is 17.7 Å². The molecule has 0 saturated heterocycles. The van der Waals surface area contributed by atoms with Crippen molar-refractivity contribution in [2.45, 2.75) is 27.2 Å². The molecule has 0 aliphatic carbocycles. The Balaban J connectivity index is 2.13. The molecule has 0 aliphatic rings. The summed E-state index contributed by atoms with van der Waals surface area (Å²) < 4.78 is 14.9. The Bertz CT molecular complexity index is 663. The zero-order valence-corrected chi connectivity index (χ0v) is 13.8. The lowest BCUT2D eigenvalue weighted by atomic mass is 9.87. The molecule has 0 radical (unpaired) electrons. The third-order valence-electron chi connectivity index (χ3n) is 3.09. The zero-order valence-electron chi connectivity index (χ0n) is 12.9. The zero-order chi connectivity index (χ0) is 16.4. The third kappa shape index (κ3) is 5.30. The molecule has 0 aromatic heterocycles. The highest BCUT2D eigenvalue weighted by atomic mass is 31.2. The molecule has 2 aromatic rings. The van der Waals surface area contributed by atoms with Crippen LogP contribution in [0, 0.1) is 5.41 Å². The minimum Gasteiger partial charge on any atom is -0.780 e. The summed E-state index contributed by atoms with van der Waals surface area (Å²) in [6.07, 6.45) is 1.00. The smallest absolute Gasteiger partial charge is 0.124 e. The van der Waals surface area contributed by atoms with Gasteiger partial charge in [-0.05, 0) is 40.7 Å². The Morgan fingerprint density at radius 1 is 0.909 bits per heavy atom. The van der Waals surface area contributed by atoms with Crippen LogP contribution >= 0.6 is 7.82 Å². The molecule has 0 saturated carbocycles. The second-order valence-corrected chi connectivity index (χ2v) is 7.57. The summed E-state index contributed by atoms with van der Waals surface area (Å²) in [4.78, 5) is 21.1. The Hall–Kier alpha value is -1.61. The Morgan fingerprint density at radius 3 is 1.77 bits per heavy atom. The topological polar surface area (TPSA) is 72.4 Å². The first-order valence-corrected chi connectivity index (χ1v) is 8.49. The highest BCUT2D eigenvalue weighted by Gasteiger charge is 2.11. The number of hydrogen-bond donors (Lipinski definition) is 0.